The molecule has 0 aromatic carbocycles. The van der Waals surface area contributed by atoms with Crippen LogP contribution in [0.3, 0.4) is 0 Å². The lowest BCUT2D eigenvalue weighted by Crippen LogP contribution is -2.30. The number of ketones is 1. The Labute approximate surface area is 93.7 Å². The number of Topliss-reactive ketones (excluding diaryl/α,β-unsaturated/α-hetero) is 1. The molecule has 0 bridgehead atoms. The molecule has 0 radical (unpaired) electrons. The van der Waals surface area contributed by atoms with E-state index < -0.39 is 5.97 Å². The number of aryl methyl sites for hydroxylation is 1. The van der Waals surface area contributed by atoms with E-state index in [0.717, 1.165) is 18.5 Å². The quantitative estimate of drug-likeness (QED) is 0.763. The van der Waals surface area contributed by atoms with Gasteiger partial charge < -0.3 is 10.1 Å². The summed E-state index contributed by atoms with van der Waals surface area (Å²) >= 11 is 0. The topological polar surface area (TPSA) is 70.2 Å². The summed E-state index contributed by atoms with van der Waals surface area (Å²) in [7, 11) is 0. The fourth-order valence-electron chi connectivity index (χ4n) is 2.26. The Kier molecular flexibility index (Phi) is 2.19. The summed E-state index contributed by atoms with van der Waals surface area (Å²) in [4.78, 5) is 26.0. The lowest BCUT2D eigenvalue weighted by molar-refractivity contribution is 0.0690. The number of aromatic carboxylic acids is 1. The van der Waals surface area contributed by atoms with Gasteiger partial charge >= 0.3 is 5.97 Å². The van der Waals surface area contributed by atoms with Gasteiger partial charge in [-0.25, -0.2) is 4.79 Å². The SMILES string of the molecule is Cc1c(C(=O)O)[nH]c2c1C(=O)C(C)(C)CC2. The van der Waals surface area contributed by atoms with Crippen molar-refractivity contribution in [2.75, 3.05) is 0 Å². The summed E-state index contributed by atoms with van der Waals surface area (Å²) in [5, 5.41) is 8.99. The Balaban J connectivity index is 2.61. The number of hydrogen-bond donors (Lipinski definition) is 2. The van der Waals surface area contributed by atoms with Crippen LogP contribution in [0.15, 0.2) is 0 Å². The number of fused-ring (bicyclic) bond motifs is 1. The molecule has 4 nitrogen and oxygen atoms in total. The number of aromatic nitrogens is 1. The van der Waals surface area contributed by atoms with Crippen molar-refractivity contribution in [1.82, 2.24) is 4.98 Å². The van der Waals surface area contributed by atoms with Crippen LogP contribution in [-0.2, 0) is 6.42 Å². The van der Waals surface area contributed by atoms with Gasteiger partial charge in [0.15, 0.2) is 5.78 Å². The first kappa shape index (κ1) is 10.9. The van der Waals surface area contributed by atoms with Gasteiger partial charge in [-0.3, -0.25) is 4.79 Å². The van der Waals surface area contributed by atoms with E-state index in [1.54, 1.807) is 6.92 Å². The lowest BCUT2D eigenvalue weighted by atomic mass is 9.74. The molecule has 0 unspecified atom stereocenters. The van der Waals surface area contributed by atoms with Gasteiger partial charge in [-0.1, -0.05) is 13.8 Å². The summed E-state index contributed by atoms with van der Waals surface area (Å²) in [5.74, 6) is -0.951. The van der Waals surface area contributed by atoms with Crippen molar-refractivity contribution in [1.29, 1.82) is 0 Å². The summed E-state index contributed by atoms with van der Waals surface area (Å²) in [5.41, 5.74) is 1.71. The summed E-state index contributed by atoms with van der Waals surface area (Å²) in [6, 6.07) is 0. The smallest absolute Gasteiger partial charge is 0.352 e. The molecule has 16 heavy (non-hydrogen) atoms. The lowest BCUT2D eigenvalue weighted by Gasteiger charge is -2.27. The number of carbonyl (C=O) groups is 2. The average molecular weight is 221 g/mol. The first-order valence-corrected chi connectivity index (χ1v) is 5.34. The van der Waals surface area contributed by atoms with Crippen LogP contribution in [0.2, 0.25) is 0 Å². The highest BCUT2D eigenvalue weighted by atomic mass is 16.4. The van der Waals surface area contributed by atoms with Crippen LogP contribution in [0.25, 0.3) is 0 Å². The normalized spacial score (nSPS) is 18.3. The summed E-state index contributed by atoms with van der Waals surface area (Å²) in [6.07, 6.45) is 1.50. The molecule has 1 aromatic heterocycles. The predicted octanol–water partition coefficient (Wildman–Crippen LogP) is 2.18. The molecular weight excluding hydrogens is 206 g/mol. The number of carboxylic acids is 1. The van der Waals surface area contributed by atoms with Crippen LogP contribution in [0.5, 0.6) is 0 Å². The highest BCUT2D eigenvalue weighted by Crippen LogP contribution is 2.36. The molecular formula is C12H15NO3. The first-order chi connectivity index (χ1) is 7.34. The summed E-state index contributed by atoms with van der Waals surface area (Å²) in [6.45, 7) is 5.51. The number of aromatic amines is 1. The Morgan fingerprint density at radius 2 is 2.06 bits per heavy atom. The Morgan fingerprint density at radius 3 is 2.62 bits per heavy atom. The molecule has 0 atom stereocenters. The van der Waals surface area contributed by atoms with E-state index in [-0.39, 0.29) is 16.9 Å². The number of carboxylic acid groups (broad SMARTS) is 1. The van der Waals surface area contributed by atoms with Crippen LogP contribution in [-0.4, -0.2) is 21.8 Å². The number of carbonyl (C=O) groups excluding carboxylic acids is 1. The van der Waals surface area contributed by atoms with Crippen molar-refractivity contribution < 1.29 is 14.7 Å². The van der Waals surface area contributed by atoms with E-state index >= 15 is 0 Å². The maximum absolute atomic E-state index is 12.2. The fourth-order valence-corrected chi connectivity index (χ4v) is 2.26. The Morgan fingerprint density at radius 1 is 1.44 bits per heavy atom. The van der Waals surface area contributed by atoms with Gasteiger partial charge in [-0.2, -0.15) is 0 Å². The zero-order chi connectivity index (χ0) is 12.1. The van der Waals surface area contributed by atoms with E-state index in [4.69, 9.17) is 5.11 Å². The molecule has 4 heteroatoms. The molecule has 1 aromatic rings. The molecule has 86 valence electrons. The Hall–Kier alpha value is -1.58. The van der Waals surface area contributed by atoms with Gasteiger partial charge in [0.2, 0.25) is 0 Å². The van der Waals surface area contributed by atoms with E-state index in [2.05, 4.69) is 4.98 Å². The van der Waals surface area contributed by atoms with Crippen molar-refractivity contribution >= 4 is 11.8 Å². The predicted molar refractivity (Wildman–Crippen MR) is 58.9 cm³/mol. The molecule has 2 rings (SSSR count). The fraction of sp³-hybridized carbons (Fsp3) is 0.500. The van der Waals surface area contributed by atoms with Crippen molar-refractivity contribution in [3.63, 3.8) is 0 Å². The van der Waals surface area contributed by atoms with Crippen molar-refractivity contribution in [3.8, 4) is 0 Å². The minimum atomic E-state index is -1.00. The number of nitrogens with one attached hydrogen (secondary N) is 1. The maximum Gasteiger partial charge on any atom is 0.352 e. The van der Waals surface area contributed by atoms with Gasteiger partial charge in [0.1, 0.15) is 5.69 Å². The third kappa shape index (κ3) is 1.37. The molecule has 0 saturated carbocycles. The van der Waals surface area contributed by atoms with Gasteiger partial charge in [0, 0.05) is 16.7 Å². The van der Waals surface area contributed by atoms with Crippen LogP contribution in [0.4, 0.5) is 0 Å². The molecule has 1 aliphatic carbocycles. The molecule has 0 spiro atoms. The van der Waals surface area contributed by atoms with E-state index in [9.17, 15) is 9.59 Å². The largest absolute Gasteiger partial charge is 0.477 e. The molecule has 0 saturated heterocycles. The maximum atomic E-state index is 12.2. The third-order valence-corrected chi connectivity index (χ3v) is 3.38. The van der Waals surface area contributed by atoms with E-state index in [1.165, 1.54) is 0 Å². The molecule has 1 aliphatic rings. The van der Waals surface area contributed by atoms with E-state index in [0.29, 0.717) is 11.1 Å². The molecule has 1 heterocycles. The molecule has 0 aliphatic heterocycles. The monoisotopic (exact) mass is 221 g/mol. The zero-order valence-electron chi connectivity index (χ0n) is 9.68. The zero-order valence-corrected chi connectivity index (χ0v) is 9.68. The third-order valence-electron chi connectivity index (χ3n) is 3.38. The van der Waals surface area contributed by atoms with Crippen LogP contribution < -0.4 is 0 Å². The van der Waals surface area contributed by atoms with Gasteiger partial charge in [-0.05, 0) is 25.3 Å². The molecule has 0 amide bonds. The van der Waals surface area contributed by atoms with E-state index in [1.807, 2.05) is 13.8 Å². The second kappa shape index (κ2) is 3.20. The molecule has 2 N–H and O–H groups in total. The highest BCUT2D eigenvalue weighted by Gasteiger charge is 2.37. The van der Waals surface area contributed by atoms with Gasteiger partial charge in [0.05, 0.1) is 0 Å². The molecule has 0 fully saturated rings. The van der Waals surface area contributed by atoms with Crippen molar-refractivity contribution in [3.05, 3.63) is 22.5 Å². The van der Waals surface area contributed by atoms with Crippen molar-refractivity contribution in [2.45, 2.75) is 33.6 Å². The number of rotatable bonds is 1. The highest BCUT2D eigenvalue weighted by molar-refractivity contribution is 6.05. The minimum absolute atomic E-state index is 0.0509. The van der Waals surface area contributed by atoms with Crippen LogP contribution in [0.1, 0.15) is 52.4 Å². The van der Waals surface area contributed by atoms with Crippen molar-refractivity contribution in [2.24, 2.45) is 5.41 Å². The van der Waals surface area contributed by atoms with Crippen LogP contribution in [0, 0.1) is 12.3 Å². The second-order valence-corrected chi connectivity index (χ2v) is 5.00. The van der Waals surface area contributed by atoms with Gasteiger partial charge in [-0.15, -0.1) is 0 Å². The van der Waals surface area contributed by atoms with Gasteiger partial charge in [0.25, 0.3) is 0 Å². The standard InChI is InChI=1S/C12H15NO3/c1-6-8-7(13-9(6)11(15)16)4-5-12(2,3)10(8)14/h13H,4-5H2,1-3H3,(H,15,16). The van der Waals surface area contributed by atoms with Crippen LogP contribution >= 0.6 is 0 Å². The summed E-state index contributed by atoms with van der Waals surface area (Å²) < 4.78 is 0. The average Bonchev–Trinajstić information content (AvgIpc) is 2.51. The number of H-pyrrole nitrogens is 1. The minimum Gasteiger partial charge on any atom is -0.477 e. The second-order valence-electron chi connectivity index (χ2n) is 5.00. The number of hydrogen-bond acceptors (Lipinski definition) is 2. The Bertz CT molecular complexity index is 483. The first-order valence-electron chi connectivity index (χ1n) is 5.34.